The molecule has 6 rings (SSSR count). The summed E-state index contributed by atoms with van der Waals surface area (Å²) in [6.07, 6.45) is 1.80. The van der Waals surface area contributed by atoms with E-state index >= 15 is 0 Å². The van der Waals surface area contributed by atoms with Crippen LogP contribution >= 0.6 is 0 Å². The van der Waals surface area contributed by atoms with E-state index in [-0.39, 0.29) is 5.82 Å². The number of halogens is 1. The first-order valence-corrected chi connectivity index (χ1v) is 10.4. The molecule has 6 aromatic rings. The zero-order valence-electron chi connectivity index (χ0n) is 17.8. The van der Waals surface area contributed by atoms with Gasteiger partial charge in [0.1, 0.15) is 11.3 Å². The quantitative estimate of drug-likeness (QED) is 0.187. The molecule has 0 unspecified atom stereocenters. The van der Waals surface area contributed by atoms with Crippen molar-refractivity contribution in [2.45, 2.75) is 33.6 Å². The lowest BCUT2D eigenvalue weighted by molar-refractivity contribution is -0.646. The summed E-state index contributed by atoms with van der Waals surface area (Å²) in [6, 6.07) is 12.0. The van der Waals surface area contributed by atoms with Crippen LogP contribution in [0, 0.1) is 19.7 Å². The van der Waals surface area contributed by atoms with Gasteiger partial charge in [0.25, 0.3) is 6.33 Å². The van der Waals surface area contributed by atoms with Gasteiger partial charge in [-0.25, -0.2) is 8.96 Å². The maximum atomic E-state index is 14.7. The van der Waals surface area contributed by atoms with E-state index in [9.17, 15) is 4.39 Å². The molecule has 0 fully saturated rings. The summed E-state index contributed by atoms with van der Waals surface area (Å²) in [5.41, 5.74) is 8.84. The Balaban J connectivity index is 2.14. The molecule has 0 saturated heterocycles. The second-order valence-electron chi connectivity index (χ2n) is 8.85. The van der Waals surface area contributed by atoms with Crippen molar-refractivity contribution >= 4 is 49.1 Å². The van der Waals surface area contributed by atoms with Gasteiger partial charge in [-0.15, -0.1) is 0 Å². The molecular weight excluding hydrogens is 373 g/mol. The van der Waals surface area contributed by atoms with Crippen LogP contribution in [-0.2, 0) is 7.05 Å². The molecule has 30 heavy (non-hydrogen) atoms. The molecular formula is C26H23FN3+. The predicted molar refractivity (Wildman–Crippen MR) is 121 cm³/mol. The third-order valence-electron chi connectivity index (χ3n) is 6.74. The van der Waals surface area contributed by atoms with Crippen LogP contribution < -0.4 is 4.57 Å². The summed E-state index contributed by atoms with van der Waals surface area (Å²) < 4.78 is 19.1. The number of nitrogens with zero attached hydrogens (tertiary/aromatic N) is 3. The molecule has 0 aliphatic heterocycles. The van der Waals surface area contributed by atoms with Gasteiger partial charge in [0.05, 0.1) is 34.4 Å². The number of hydrogen-bond acceptors (Lipinski definition) is 1. The van der Waals surface area contributed by atoms with Crippen LogP contribution in [0.3, 0.4) is 0 Å². The molecule has 0 amide bonds. The van der Waals surface area contributed by atoms with E-state index in [1.165, 1.54) is 43.9 Å². The average Bonchev–Trinajstić information content (AvgIpc) is 3.04. The highest BCUT2D eigenvalue weighted by molar-refractivity contribution is 6.26. The van der Waals surface area contributed by atoms with E-state index in [0.717, 1.165) is 16.4 Å². The maximum Gasteiger partial charge on any atom is 0.287 e. The Labute approximate surface area is 173 Å². The van der Waals surface area contributed by atoms with Gasteiger partial charge in [0.2, 0.25) is 0 Å². The lowest BCUT2D eigenvalue weighted by atomic mass is 9.97. The fourth-order valence-corrected chi connectivity index (χ4v) is 5.26. The molecule has 3 aromatic heterocycles. The van der Waals surface area contributed by atoms with Gasteiger partial charge < -0.3 is 4.40 Å². The van der Waals surface area contributed by atoms with Crippen molar-refractivity contribution in [3.63, 3.8) is 0 Å². The van der Waals surface area contributed by atoms with Crippen LogP contribution in [0.2, 0.25) is 0 Å². The van der Waals surface area contributed by atoms with Gasteiger partial charge in [-0.1, -0.05) is 32.0 Å². The number of benzene rings is 3. The van der Waals surface area contributed by atoms with E-state index < -0.39 is 0 Å². The number of aryl methyl sites for hydroxylation is 3. The van der Waals surface area contributed by atoms with Crippen LogP contribution in [0.25, 0.3) is 49.1 Å². The van der Waals surface area contributed by atoms with E-state index in [2.05, 4.69) is 65.9 Å². The van der Waals surface area contributed by atoms with Gasteiger partial charge in [-0.3, -0.25) is 0 Å². The Kier molecular flexibility index (Phi) is 3.32. The molecule has 0 aliphatic rings. The molecule has 148 valence electrons. The molecule has 3 heterocycles. The zero-order chi connectivity index (χ0) is 20.9. The van der Waals surface area contributed by atoms with E-state index in [4.69, 9.17) is 0 Å². The summed E-state index contributed by atoms with van der Waals surface area (Å²) in [4.78, 5) is 4.57. The first kappa shape index (κ1) is 17.6. The topological polar surface area (TPSA) is 21.2 Å². The third kappa shape index (κ3) is 1.99. The van der Waals surface area contributed by atoms with Crippen molar-refractivity contribution in [3.05, 3.63) is 65.2 Å². The largest absolute Gasteiger partial charge is 0.307 e. The smallest absolute Gasteiger partial charge is 0.287 e. The van der Waals surface area contributed by atoms with Crippen molar-refractivity contribution in [2.75, 3.05) is 0 Å². The van der Waals surface area contributed by atoms with Crippen molar-refractivity contribution in [2.24, 2.45) is 7.05 Å². The number of para-hydroxylation sites is 1. The SMILES string of the molecule is Cc1cc2c3cccc(C(C)C)c3n3c4cc(F)cc5nc[n+](C)c(c(c1C)c23)c54. The first-order valence-electron chi connectivity index (χ1n) is 10.4. The highest BCUT2D eigenvalue weighted by atomic mass is 19.1. The normalized spacial score (nSPS) is 12.6. The highest BCUT2D eigenvalue weighted by Gasteiger charge is 2.26. The molecule has 3 nitrogen and oxygen atoms in total. The van der Waals surface area contributed by atoms with E-state index in [1.54, 1.807) is 18.5 Å². The summed E-state index contributed by atoms with van der Waals surface area (Å²) >= 11 is 0. The predicted octanol–water partition coefficient (Wildman–Crippen LogP) is 6.09. The van der Waals surface area contributed by atoms with Crippen LogP contribution in [0.15, 0.2) is 42.7 Å². The van der Waals surface area contributed by atoms with Crippen LogP contribution in [0.4, 0.5) is 4.39 Å². The number of aromatic nitrogens is 3. The van der Waals surface area contributed by atoms with Crippen LogP contribution in [0.1, 0.15) is 36.5 Å². The van der Waals surface area contributed by atoms with Gasteiger partial charge in [-0.2, -0.15) is 0 Å². The lowest BCUT2D eigenvalue weighted by Gasteiger charge is -2.15. The fraction of sp³-hybridized carbons (Fsp3) is 0.231. The molecule has 0 radical (unpaired) electrons. The van der Waals surface area contributed by atoms with Crippen molar-refractivity contribution in [1.29, 1.82) is 0 Å². The Morgan fingerprint density at radius 2 is 1.80 bits per heavy atom. The van der Waals surface area contributed by atoms with E-state index in [1.807, 2.05) is 7.05 Å². The Morgan fingerprint density at radius 3 is 2.57 bits per heavy atom. The van der Waals surface area contributed by atoms with E-state index in [0.29, 0.717) is 11.4 Å². The Morgan fingerprint density at radius 1 is 1.00 bits per heavy atom. The van der Waals surface area contributed by atoms with Crippen molar-refractivity contribution in [1.82, 2.24) is 9.38 Å². The molecule has 0 atom stereocenters. The molecule has 0 spiro atoms. The molecule has 0 N–H and O–H groups in total. The summed E-state index contributed by atoms with van der Waals surface area (Å²) in [7, 11) is 2.03. The van der Waals surface area contributed by atoms with Gasteiger partial charge in [0, 0.05) is 16.8 Å². The molecule has 0 bridgehead atoms. The summed E-state index contributed by atoms with van der Waals surface area (Å²) in [5.74, 6) is 0.101. The molecule has 0 saturated carbocycles. The minimum absolute atomic E-state index is 0.255. The minimum atomic E-state index is -0.255. The summed E-state index contributed by atoms with van der Waals surface area (Å²) in [5, 5.41) is 4.69. The Hall–Kier alpha value is -3.27. The zero-order valence-corrected chi connectivity index (χ0v) is 17.8. The lowest BCUT2D eigenvalue weighted by Crippen LogP contribution is -2.30. The highest BCUT2D eigenvalue weighted by Crippen LogP contribution is 2.43. The second-order valence-corrected chi connectivity index (χ2v) is 8.85. The third-order valence-corrected chi connectivity index (χ3v) is 6.74. The van der Waals surface area contributed by atoms with Crippen LogP contribution in [0.5, 0.6) is 0 Å². The maximum absolute atomic E-state index is 14.7. The minimum Gasteiger partial charge on any atom is -0.307 e. The van der Waals surface area contributed by atoms with Crippen molar-refractivity contribution < 1.29 is 8.96 Å². The monoisotopic (exact) mass is 396 g/mol. The number of hydrogen-bond donors (Lipinski definition) is 0. The summed E-state index contributed by atoms with van der Waals surface area (Å²) in [6.45, 7) is 8.81. The fourth-order valence-electron chi connectivity index (χ4n) is 5.26. The average molecular weight is 396 g/mol. The number of rotatable bonds is 1. The Bertz CT molecular complexity index is 1660. The van der Waals surface area contributed by atoms with Crippen molar-refractivity contribution in [3.8, 4) is 0 Å². The van der Waals surface area contributed by atoms with Crippen LogP contribution in [-0.4, -0.2) is 9.38 Å². The second kappa shape index (κ2) is 5.66. The van der Waals surface area contributed by atoms with Gasteiger partial charge >= 0.3 is 0 Å². The first-order chi connectivity index (χ1) is 14.4. The molecule has 4 heteroatoms. The standard InChI is InChI=1S/C26H23FN3/c1-13(2)17-7-6-8-18-19-9-14(3)15(4)22-25(19)30(24(17)18)21-11-16(27)10-20-23(21)26(22)29(5)12-28-20/h6-13H,1-5H3/q+1. The van der Waals surface area contributed by atoms with Gasteiger partial charge in [0.15, 0.2) is 5.52 Å². The van der Waals surface area contributed by atoms with Gasteiger partial charge in [-0.05, 0) is 53.6 Å². The number of fused-ring (bicyclic) bond motifs is 5. The molecule has 3 aromatic carbocycles. The number of pyridine rings is 1. The molecule has 0 aliphatic carbocycles.